The van der Waals surface area contributed by atoms with Crippen molar-refractivity contribution in [3.63, 3.8) is 0 Å². The summed E-state index contributed by atoms with van der Waals surface area (Å²) in [7, 11) is 1.58. The standard InChI is InChI=1S/C15H13Cl2NO3/c1-21-11-4-2-9(3-5-11)6-14(19)18-10-7-12(16)15(20)13(17)8-10/h2-5,7-8,20H,6H2,1H3,(H,18,19). The van der Waals surface area contributed by atoms with Crippen molar-refractivity contribution in [3.8, 4) is 11.5 Å². The van der Waals surface area contributed by atoms with Crippen molar-refractivity contribution in [1.82, 2.24) is 0 Å². The molecular formula is C15H13Cl2NO3. The lowest BCUT2D eigenvalue weighted by atomic mass is 10.1. The van der Waals surface area contributed by atoms with Crippen molar-refractivity contribution in [1.29, 1.82) is 0 Å². The molecule has 0 aromatic heterocycles. The van der Waals surface area contributed by atoms with E-state index in [-0.39, 0.29) is 28.1 Å². The fourth-order valence-corrected chi connectivity index (χ4v) is 2.26. The van der Waals surface area contributed by atoms with E-state index in [2.05, 4.69) is 5.32 Å². The Morgan fingerprint density at radius 1 is 1.19 bits per heavy atom. The third kappa shape index (κ3) is 4.03. The summed E-state index contributed by atoms with van der Waals surface area (Å²) in [5.41, 5.74) is 1.28. The molecule has 0 saturated heterocycles. The maximum atomic E-state index is 12.0. The van der Waals surface area contributed by atoms with Crippen LogP contribution in [0.25, 0.3) is 0 Å². The second-order valence-corrected chi connectivity index (χ2v) is 5.18. The summed E-state index contributed by atoms with van der Waals surface area (Å²) in [5.74, 6) is 0.320. The zero-order chi connectivity index (χ0) is 15.4. The van der Waals surface area contributed by atoms with Crippen LogP contribution in [0.4, 0.5) is 5.69 Å². The first-order valence-electron chi connectivity index (χ1n) is 6.10. The second-order valence-electron chi connectivity index (χ2n) is 4.36. The predicted molar refractivity (Wildman–Crippen MR) is 83.5 cm³/mol. The number of anilines is 1. The van der Waals surface area contributed by atoms with E-state index in [0.29, 0.717) is 5.69 Å². The SMILES string of the molecule is COc1ccc(CC(=O)Nc2cc(Cl)c(O)c(Cl)c2)cc1. The number of rotatable bonds is 4. The molecule has 1 amide bonds. The number of ether oxygens (including phenoxy) is 1. The number of halogens is 2. The van der Waals surface area contributed by atoms with Gasteiger partial charge in [-0.25, -0.2) is 0 Å². The molecule has 0 heterocycles. The lowest BCUT2D eigenvalue weighted by Crippen LogP contribution is -2.14. The average molecular weight is 326 g/mol. The van der Waals surface area contributed by atoms with Crippen molar-refractivity contribution in [2.24, 2.45) is 0 Å². The molecule has 0 aliphatic rings. The highest BCUT2D eigenvalue weighted by molar-refractivity contribution is 6.37. The van der Waals surface area contributed by atoms with E-state index in [1.54, 1.807) is 19.2 Å². The van der Waals surface area contributed by atoms with Crippen LogP contribution in [-0.2, 0) is 11.2 Å². The highest BCUT2D eigenvalue weighted by atomic mass is 35.5. The Hall–Kier alpha value is -1.91. The molecule has 2 rings (SSSR count). The van der Waals surface area contributed by atoms with E-state index in [1.165, 1.54) is 12.1 Å². The molecule has 0 bridgehead atoms. The molecule has 2 N–H and O–H groups in total. The molecular weight excluding hydrogens is 313 g/mol. The smallest absolute Gasteiger partial charge is 0.228 e. The highest BCUT2D eigenvalue weighted by Gasteiger charge is 2.09. The zero-order valence-electron chi connectivity index (χ0n) is 11.2. The molecule has 6 heteroatoms. The summed E-state index contributed by atoms with van der Waals surface area (Å²) < 4.78 is 5.05. The van der Waals surface area contributed by atoms with Crippen LogP contribution in [0.1, 0.15) is 5.56 Å². The van der Waals surface area contributed by atoms with Crippen LogP contribution in [0.2, 0.25) is 10.0 Å². The van der Waals surface area contributed by atoms with Gasteiger partial charge in [-0.05, 0) is 29.8 Å². The quantitative estimate of drug-likeness (QED) is 0.838. The fraction of sp³-hybridized carbons (Fsp3) is 0.133. The van der Waals surface area contributed by atoms with Gasteiger partial charge >= 0.3 is 0 Å². The number of hydrogen-bond donors (Lipinski definition) is 2. The van der Waals surface area contributed by atoms with Crippen LogP contribution < -0.4 is 10.1 Å². The predicted octanol–water partition coefficient (Wildman–Crippen LogP) is 3.89. The van der Waals surface area contributed by atoms with Crippen molar-refractivity contribution in [3.05, 3.63) is 52.0 Å². The van der Waals surface area contributed by atoms with Gasteiger partial charge in [0.2, 0.25) is 5.91 Å². The molecule has 110 valence electrons. The van der Waals surface area contributed by atoms with Gasteiger partial charge in [-0.2, -0.15) is 0 Å². The van der Waals surface area contributed by atoms with Gasteiger partial charge in [-0.1, -0.05) is 35.3 Å². The number of phenolic OH excluding ortho intramolecular Hbond substituents is 1. The van der Waals surface area contributed by atoms with Gasteiger partial charge in [-0.15, -0.1) is 0 Å². The number of carbonyl (C=O) groups excluding carboxylic acids is 1. The minimum atomic E-state index is -0.210. The van der Waals surface area contributed by atoms with Gasteiger partial charge in [0, 0.05) is 5.69 Å². The topological polar surface area (TPSA) is 58.6 Å². The van der Waals surface area contributed by atoms with E-state index in [4.69, 9.17) is 27.9 Å². The highest BCUT2D eigenvalue weighted by Crippen LogP contribution is 2.34. The van der Waals surface area contributed by atoms with Gasteiger partial charge in [-0.3, -0.25) is 4.79 Å². The van der Waals surface area contributed by atoms with Crippen molar-refractivity contribution in [2.45, 2.75) is 6.42 Å². The van der Waals surface area contributed by atoms with E-state index >= 15 is 0 Å². The second kappa shape index (κ2) is 6.70. The number of hydrogen-bond acceptors (Lipinski definition) is 3. The van der Waals surface area contributed by atoms with E-state index < -0.39 is 0 Å². The van der Waals surface area contributed by atoms with Crippen molar-refractivity contribution >= 4 is 34.8 Å². The molecule has 0 fully saturated rings. The summed E-state index contributed by atoms with van der Waals surface area (Å²) in [5, 5.41) is 12.3. The summed E-state index contributed by atoms with van der Waals surface area (Å²) >= 11 is 11.6. The largest absolute Gasteiger partial charge is 0.505 e. The van der Waals surface area contributed by atoms with Gasteiger partial charge in [0.15, 0.2) is 5.75 Å². The monoisotopic (exact) mass is 325 g/mol. The molecule has 0 unspecified atom stereocenters. The lowest BCUT2D eigenvalue weighted by Gasteiger charge is -2.08. The van der Waals surface area contributed by atoms with Crippen molar-refractivity contribution < 1.29 is 14.6 Å². The third-order valence-electron chi connectivity index (χ3n) is 2.82. The molecule has 0 saturated carbocycles. The van der Waals surface area contributed by atoms with Crippen LogP contribution in [-0.4, -0.2) is 18.1 Å². The Kier molecular flexibility index (Phi) is 4.94. The van der Waals surface area contributed by atoms with Gasteiger partial charge in [0.25, 0.3) is 0 Å². The molecule has 2 aromatic rings. The molecule has 0 atom stereocenters. The average Bonchev–Trinajstić information content (AvgIpc) is 2.45. The molecule has 0 aliphatic carbocycles. The Bertz CT molecular complexity index is 633. The summed E-state index contributed by atoms with van der Waals surface area (Å²) in [4.78, 5) is 12.0. The van der Waals surface area contributed by atoms with E-state index in [9.17, 15) is 9.90 Å². The van der Waals surface area contributed by atoms with Crippen LogP contribution in [0, 0.1) is 0 Å². The van der Waals surface area contributed by atoms with Crippen LogP contribution >= 0.6 is 23.2 Å². The number of methoxy groups -OCH3 is 1. The third-order valence-corrected chi connectivity index (χ3v) is 3.40. The zero-order valence-corrected chi connectivity index (χ0v) is 12.7. The molecule has 4 nitrogen and oxygen atoms in total. The number of amides is 1. The normalized spacial score (nSPS) is 10.2. The minimum Gasteiger partial charge on any atom is -0.505 e. The number of phenols is 1. The van der Waals surface area contributed by atoms with Crippen LogP contribution in [0.15, 0.2) is 36.4 Å². The molecule has 0 aliphatic heterocycles. The molecule has 2 aromatic carbocycles. The van der Waals surface area contributed by atoms with Gasteiger partial charge in [0.1, 0.15) is 5.75 Å². The number of nitrogens with one attached hydrogen (secondary N) is 1. The maximum absolute atomic E-state index is 12.0. The summed E-state index contributed by atoms with van der Waals surface area (Å²) in [6.45, 7) is 0. The first kappa shape index (κ1) is 15.5. The van der Waals surface area contributed by atoms with Crippen LogP contribution in [0.3, 0.4) is 0 Å². The first-order valence-corrected chi connectivity index (χ1v) is 6.86. The Labute approximate surface area is 132 Å². The fourth-order valence-electron chi connectivity index (χ4n) is 1.77. The maximum Gasteiger partial charge on any atom is 0.228 e. The first-order chi connectivity index (χ1) is 9.99. The molecule has 0 spiro atoms. The van der Waals surface area contributed by atoms with Gasteiger partial charge in [0.05, 0.1) is 23.6 Å². The molecule has 21 heavy (non-hydrogen) atoms. The Morgan fingerprint density at radius 2 is 1.76 bits per heavy atom. The summed E-state index contributed by atoms with van der Waals surface area (Å²) in [6.07, 6.45) is 0.208. The number of benzene rings is 2. The Balaban J connectivity index is 2.04. The van der Waals surface area contributed by atoms with Crippen LogP contribution in [0.5, 0.6) is 11.5 Å². The molecule has 0 radical (unpaired) electrons. The van der Waals surface area contributed by atoms with Gasteiger partial charge < -0.3 is 15.2 Å². The Morgan fingerprint density at radius 3 is 2.29 bits per heavy atom. The lowest BCUT2D eigenvalue weighted by molar-refractivity contribution is -0.115. The minimum absolute atomic E-state index is 0.0854. The van der Waals surface area contributed by atoms with Crippen molar-refractivity contribution in [2.75, 3.05) is 12.4 Å². The summed E-state index contributed by atoms with van der Waals surface area (Å²) in [6, 6.07) is 10.1. The van der Waals surface area contributed by atoms with E-state index in [0.717, 1.165) is 11.3 Å². The number of carbonyl (C=O) groups is 1. The number of aromatic hydroxyl groups is 1. The van der Waals surface area contributed by atoms with E-state index in [1.807, 2.05) is 12.1 Å².